The van der Waals surface area contributed by atoms with Crippen molar-refractivity contribution in [1.82, 2.24) is 9.78 Å². The second-order valence-corrected chi connectivity index (χ2v) is 5.27. The average molecular weight is 349 g/mol. The van der Waals surface area contributed by atoms with Crippen LogP contribution in [-0.2, 0) is 19.6 Å². The van der Waals surface area contributed by atoms with E-state index >= 15 is 0 Å². The Labute approximate surface area is 122 Å². The van der Waals surface area contributed by atoms with Crippen LogP contribution in [-0.4, -0.2) is 14.9 Å². The fraction of sp³-hybridized carbons (Fsp3) is 0.308. The maximum Gasteiger partial charge on any atom is 0.416 e. The second kappa shape index (κ2) is 5.57. The molecule has 0 saturated heterocycles. The Bertz CT molecular complexity index is 590. The molecule has 1 aromatic carbocycles. The van der Waals surface area contributed by atoms with Gasteiger partial charge in [0.2, 0.25) is 0 Å². The molecule has 1 N–H and O–H groups in total. The van der Waals surface area contributed by atoms with Crippen molar-refractivity contribution in [2.75, 3.05) is 0 Å². The third-order valence-corrected chi connectivity index (χ3v) is 3.55. The van der Waals surface area contributed by atoms with E-state index in [1.165, 1.54) is 16.9 Å². The summed E-state index contributed by atoms with van der Waals surface area (Å²) in [5, 5.41) is 14.1. The summed E-state index contributed by atoms with van der Waals surface area (Å²) in [4.78, 5) is 0. The van der Waals surface area contributed by atoms with Gasteiger partial charge in [-0.1, -0.05) is 18.2 Å². The summed E-state index contributed by atoms with van der Waals surface area (Å²) >= 11 is 3.25. The van der Waals surface area contributed by atoms with Crippen LogP contribution in [0.3, 0.4) is 0 Å². The molecule has 0 radical (unpaired) electrons. The molecule has 0 fully saturated rings. The minimum Gasteiger partial charge on any atom is -0.386 e. The Hall–Kier alpha value is -1.34. The van der Waals surface area contributed by atoms with Crippen LogP contribution in [0.5, 0.6) is 0 Å². The van der Waals surface area contributed by atoms with Gasteiger partial charge >= 0.3 is 6.18 Å². The number of aliphatic hydroxyl groups excluding tert-OH is 1. The average Bonchev–Trinajstić information content (AvgIpc) is 2.68. The van der Waals surface area contributed by atoms with E-state index in [-0.39, 0.29) is 6.42 Å². The van der Waals surface area contributed by atoms with E-state index in [0.29, 0.717) is 15.7 Å². The number of aryl methyl sites for hydroxylation is 1. The SMILES string of the molecule is Cn1ncc(Br)c1C(O)Cc1cccc(C(F)(F)F)c1. The fourth-order valence-electron chi connectivity index (χ4n) is 1.99. The first-order valence-corrected chi connectivity index (χ1v) is 6.60. The lowest BCUT2D eigenvalue weighted by molar-refractivity contribution is -0.137. The van der Waals surface area contributed by atoms with Gasteiger partial charge in [-0.15, -0.1) is 0 Å². The predicted octanol–water partition coefficient (Wildman–Crippen LogP) is 3.48. The summed E-state index contributed by atoms with van der Waals surface area (Å²) in [6.07, 6.45) is -3.69. The van der Waals surface area contributed by atoms with Crippen LogP contribution in [0.15, 0.2) is 34.9 Å². The van der Waals surface area contributed by atoms with E-state index in [1.54, 1.807) is 13.1 Å². The molecule has 0 aliphatic carbocycles. The highest BCUT2D eigenvalue weighted by Crippen LogP contribution is 2.31. The standard InChI is InChI=1S/C13H12BrF3N2O/c1-19-12(10(14)7-18-19)11(20)6-8-3-2-4-9(5-8)13(15,16)17/h2-5,7,11,20H,6H2,1H3. The summed E-state index contributed by atoms with van der Waals surface area (Å²) in [7, 11) is 1.66. The van der Waals surface area contributed by atoms with E-state index in [4.69, 9.17) is 0 Å². The lowest BCUT2D eigenvalue weighted by Crippen LogP contribution is -2.10. The molecule has 20 heavy (non-hydrogen) atoms. The fourth-order valence-corrected chi connectivity index (χ4v) is 2.60. The minimum atomic E-state index is -4.38. The summed E-state index contributed by atoms with van der Waals surface area (Å²) in [5.41, 5.74) is 0.231. The zero-order chi connectivity index (χ0) is 14.9. The van der Waals surface area contributed by atoms with Gasteiger partial charge in [-0.25, -0.2) is 0 Å². The van der Waals surface area contributed by atoms with Crippen molar-refractivity contribution >= 4 is 15.9 Å². The molecule has 0 amide bonds. The van der Waals surface area contributed by atoms with Crippen molar-refractivity contribution in [2.24, 2.45) is 7.05 Å². The molecule has 2 rings (SSSR count). The second-order valence-electron chi connectivity index (χ2n) is 4.42. The van der Waals surface area contributed by atoms with Crippen LogP contribution in [0.1, 0.15) is 22.9 Å². The lowest BCUT2D eigenvalue weighted by Gasteiger charge is -2.13. The smallest absolute Gasteiger partial charge is 0.386 e. The first-order valence-electron chi connectivity index (χ1n) is 5.80. The monoisotopic (exact) mass is 348 g/mol. The van der Waals surface area contributed by atoms with Gasteiger partial charge in [-0.2, -0.15) is 18.3 Å². The van der Waals surface area contributed by atoms with Gasteiger partial charge in [0.05, 0.1) is 21.9 Å². The van der Waals surface area contributed by atoms with E-state index in [9.17, 15) is 18.3 Å². The highest BCUT2D eigenvalue weighted by molar-refractivity contribution is 9.10. The van der Waals surface area contributed by atoms with Crippen molar-refractivity contribution < 1.29 is 18.3 Å². The predicted molar refractivity (Wildman–Crippen MR) is 71.0 cm³/mol. The van der Waals surface area contributed by atoms with Crippen LogP contribution in [0.25, 0.3) is 0 Å². The molecule has 108 valence electrons. The van der Waals surface area contributed by atoms with Gasteiger partial charge in [0.1, 0.15) is 6.10 Å². The van der Waals surface area contributed by atoms with Gasteiger partial charge in [0.25, 0.3) is 0 Å². The van der Waals surface area contributed by atoms with Crippen LogP contribution in [0.4, 0.5) is 13.2 Å². The summed E-state index contributed by atoms with van der Waals surface area (Å²) in [5.74, 6) is 0. The molecule has 7 heteroatoms. The van der Waals surface area contributed by atoms with Crippen molar-refractivity contribution in [2.45, 2.75) is 18.7 Å². The quantitative estimate of drug-likeness (QED) is 0.922. The van der Waals surface area contributed by atoms with Crippen molar-refractivity contribution in [1.29, 1.82) is 0 Å². The Balaban J connectivity index is 2.22. The molecule has 2 aromatic rings. The number of halogens is 4. The first-order chi connectivity index (χ1) is 9.29. The van der Waals surface area contributed by atoms with Gasteiger partial charge in [-0.05, 0) is 27.6 Å². The Kier molecular flexibility index (Phi) is 4.19. The molecular weight excluding hydrogens is 337 g/mol. The first kappa shape index (κ1) is 15.1. The molecule has 1 heterocycles. The normalized spacial score (nSPS) is 13.5. The third-order valence-electron chi connectivity index (χ3n) is 2.94. The minimum absolute atomic E-state index is 0.0854. The largest absolute Gasteiger partial charge is 0.416 e. The number of aromatic nitrogens is 2. The lowest BCUT2D eigenvalue weighted by atomic mass is 10.0. The number of alkyl halides is 3. The topological polar surface area (TPSA) is 38.0 Å². The van der Waals surface area contributed by atoms with Crippen molar-refractivity contribution in [3.63, 3.8) is 0 Å². The molecule has 0 saturated carbocycles. The molecular formula is C13H12BrF3N2O. The molecule has 0 bridgehead atoms. The zero-order valence-electron chi connectivity index (χ0n) is 10.5. The van der Waals surface area contributed by atoms with Gasteiger partial charge in [0.15, 0.2) is 0 Å². The highest BCUT2D eigenvalue weighted by Gasteiger charge is 2.30. The molecule has 1 unspecified atom stereocenters. The number of nitrogens with zero attached hydrogens (tertiary/aromatic N) is 2. The number of aliphatic hydroxyl groups is 1. The maximum atomic E-state index is 12.6. The number of hydrogen-bond donors (Lipinski definition) is 1. The van der Waals surface area contributed by atoms with Crippen molar-refractivity contribution in [3.05, 3.63) is 51.8 Å². The Morgan fingerprint density at radius 3 is 2.65 bits per heavy atom. The van der Waals surface area contributed by atoms with Crippen LogP contribution >= 0.6 is 15.9 Å². The number of rotatable bonds is 3. The Morgan fingerprint density at radius 2 is 2.10 bits per heavy atom. The molecule has 3 nitrogen and oxygen atoms in total. The van der Waals surface area contributed by atoms with Gasteiger partial charge < -0.3 is 5.11 Å². The van der Waals surface area contributed by atoms with Gasteiger partial charge in [-0.3, -0.25) is 4.68 Å². The van der Waals surface area contributed by atoms with E-state index in [1.807, 2.05) is 0 Å². The molecule has 1 atom stereocenters. The summed E-state index contributed by atoms with van der Waals surface area (Å²) in [6, 6.07) is 4.95. The third kappa shape index (κ3) is 3.21. The van der Waals surface area contributed by atoms with E-state index < -0.39 is 17.8 Å². The maximum absolute atomic E-state index is 12.6. The molecule has 0 aliphatic rings. The van der Waals surface area contributed by atoms with Crippen LogP contribution in [0.2, 0.25) is 0 Å². The number of benzene rings is 1. The van der Waals surface area contributed by atoms with E-state index in [2.05, 4.69) is 21.0 Å². The summed E-state index contributed by atoms with van der Waals surface area (Å²) in [6.45, 7) is 0. The molecule has 1 aromatic heterocycles. The zero-order valence-corrected chi connectivity index (χ0v) is 12.1. The van der Waals surface area contributed by atoms with E-state index in [0.717, 1.165) is 12.1 Å². The summed E-state index contributed by atoms with van der Waals surface area (Å²) < 4.78 is 40.0. The number of hydrogen-bond acceptors (Lipinski definition) is 2. The Morgan fingerprint density at radius 1 is 1.40 bits per heavy atom. The molecule has 0 spiro atoms. The van der Waals surface area contributed by atoms with Crippen molar-refractivity contribution in [3.8, 4) is 0 Å². The molecule has 0 aliphatic heterocycles. The van der Waals surface area contributed by atoms with Gasteiger partial charge in [0, 0.05) is 13.5 Å². The highest BCUT2D eigenvalue weighted by atomic mass is 79.9. The van der Waals surface area contributed by atoms with Crippen LogP contribution in [0, 0.1) is 0 Å². The van der Waals surface area contributed by atoms with Crippen LogP contribution < -0.4 is 0 Å².